The lowest BCUT2D eigenvalue weighted by molar-refractivity contribution is -0.129. The molecule has 3 heterocycles. The largest absolute Gasteiger partial charge is 0.342 e. The van der Waals surface area contributed by atoms with Crippen molar-refractivity contribution in [3.63, 3.8) is 0 Å². The van der Waals surface area contributed by atoms with Gasteiger partial charge in [0.2, 0.25) is 5.91 Å². The van der Waals surface area contributed by atoms with Crippen LogP contribution in [0, 0.1) is 6.92 Å². The van der Waals surface area contributed by atoms with Gasteiger partial charge in [-0.2, -0.15) is 0 Å². The zero-order valence-electron chi connectivity index (χ0n) is 13.6. The molecular weight excluding hydrogens is 326 g/mol. The van der Waals surface area contributed by atoms with Crippen LogP contribution in [-0.4, -0.2) is 44.7 Å². The Kier molecular flexibility index (Phi) is 5.25. The Bertz CT molecular complexity index is 709. The van der Waals surface area contributed by atoms with Gasteiger partial charge in [0.15, 0.2) is 0 Å². The fourth-order valence-corrected chi connectivity index (χ4v) is 3.06. The van der Waals surface area contributed by atoms with E-state index in [1.807, 2.05) is 36.1 Å². The highest BCUT2D eigenvalue weighted by Gasteiger charge is 2.28. The SMILES string of the molecule is Cc1nc(Nc2ccccn2)cc(C2CCN(C(=O)CCCl)C2)n1. The van der Waals surface area contributed by atoms with Crippen molar-refractivity contribution >= 4 is 29.1 Å². The van der Waals surface area contributed by atoms with Gasteiger partial charge < -0.3 is 10.2 Å². The highest BCUT2D eigenvalue weighted by atomic mass is 35.5. The molecule has 1 saturated heterocycles. The maximum absolute atomic E-state index is 12.0. The first-order chi connectivity index (χ1) is 11.7. The number of amides is 1. The number of nitrogens with zero attached hydrogens (tertiary/aromatic N) is 4. The number of nitrogens with one attached hydrogen (secondary N) is 1. The normalized spacial score (nSPS) is 17.1. The van der Waals surface area contributed by atoms with E-state index in [-0.39, 0.29) is 11.8 Å². The molecule has 2 aromatic heterocycles. The van der Waals surface area contributed by atoms with Crippen molar-refractivity contribution in [1.29, 1.82) is 0 Å². The fourth-order valence-electron chi connectivity index (χ4n) is 2.90. The van der Waals surface area contributed by atoms with Crippen LogP contribution >= 0.6 is 11.6 Å². The third kappa shape index (κ3) is 4.00. The zero-order valence-corrected chi connectivity index (χ0v) is 14.3. The average Bonchev–Trinajstić information content (AvgIpc) is 3.06. The van der Waals surface area contributed by atoms with Gasteiger partial charge in [-0.3, -0.25) is 4.79 Å². The first kappa shape index (κ1) is 16.6. The van der Waals surface area contributed by atoms with Gasteiger partial charge in [0.25, 0.3) is 0 Å². The van der Waals surface area contributed by atoms with Crippen molar-refractivity contribution in [3.8, 4) is 0 Å². The smallest absolute Gasteiger partial charge is 0.223 e. The number of alkyl halides is 1. The maximum atomic E-state index is 12.0. The molecule has 1 amide bonds. The van der Waals surface area contributed by atoms with Crippen LogP contribution in [-0.2, 0) is 4.79 Å². The van der Waals surface area contributed by atoms with E-state index in [1.165, 1.54) is 0 Å². The lowest BCUT2D eigenvalue weighted by Crippen LogP contribution is -2.28. The van der Waals surface area contributed by atoms with Crippen LogP contribution in [0.15, 0.2) is 30.5 Å². The van der Waals surface area contributed by atoms with E-state index < -0.39 is 0 Å². The number of carbonyl (C=O) groups is 1. The van der Waals surface area contributed by atoms with Gasteiger partial charge in [0.1, 0.15) is 17.5 Å². The molecule has 1 aliphatic heterocycles. The molecule has 0 saturated carbocycles. The minimum absolute atomic E-state index is 0.116. The van der Waals surface area contributed by atoms with Crippen molar-refractivity contribution in [1.82, 2.24) is 19.9 Å². The molecule has 24 heavy (non-hydrogen) atoms. The van der Waals surface area contributed by atoms with Crippen LogP contribution < -0.4 is 5.32 Å². The molecule has 7 heteroatoms. The van der Waals surface area contributed by atoms with Crippen LogP contribution in [0.3, 0.4) is 0 Å². The Morgan fingerprint density at radius 1 is 1.38 bits per heavy atom. The topological polar surface area (TPSA) is 71.0 Å². The van der Waals surface area contributed by atoms with E-state index in [9.17, 15) is 4.79 Å². The number of halogens is 1. The quantitative estimate of drug-likeness (QED) is 0.844. The van der Waals surface area contributed by atoms with Crippen molar-refractivity contribution < 1.29 is 4.79 Å². The molecule has 6 nitrogen and oxygen atoms in total. The summed E-state index contributed by atoms with van der Waals surface area (Å²) >= 11 is 5.66. The minimum Gasteiger partial charge on any atom is -0.342 e. The Labute approximate surface area is 146 Å². The molecule has 3 rings (SSSR count). The van der Waals surface area contributed by atoms with E-state index in [2.05, 4.69) is 20.3 Å². The molecule has 0 aromatic carbocycles. The Balaban J connectivity index is 1.73. The molecule has 2 aromatic rings. The lowest BCUT2D eigenvalue weighted by atomic mass is 10.0. The summed E-state index contributed by atoms with van der Waals surface area (Å²) in [6, 6.07) is 7.62. The first-order valence-corrected chi connectivity index (χ1v) is 8.56. The van der Waals surface area contributed by atoms with Gasteiger partial charge >= 0.3 is 0 Å². The number of pyridine rings is 1. The monoisotopic (exact) mass is 345 g/mol. The number of hydrogen-bond donors (Lipinski definition) is 1. The lowest BCUT2D eigenvalue weighted by Gasteiger charge is -2.16. The van der Waals surface area contributed by atoms with Crippen LogP contribution in [0.2, 0.25) is 0 Å². The van der Waals surface area contributed by atoms with Gasteiger partial charge in [0, 0.05) is 43.6 Å². The summed E-state index contributed by atoms with van der Waals surface area (Å²) in [6.45, 7) is 3.32. The van der Waals surface area contributed by atoms with Crippen molar-refractivity contribution in [2.24, 2.45) is 0 Å². The summed E-state index contributed by atoms with van der Waals surface area (Å²) in [5.41, 5.74) is 0.960. The molecule has 0 spiro atoms. The molecule has 0 radical (unpaired) electrons. The molecule has 1 fully saturated rings. The molecule has 126 valence electrons. The maximum Gasteiger partial charge on any atom is 0.223 e. The summed E-state index contributed by atoms with van der Waals surface area (Å²) in [5.74, 6) is 2.88. The van der Waals surface area contributed by atoms with Gasteiger partial charge in [-0.05, 0) is 25.5 Å². The second-order valence-corrected chi connectivity index (χ2v) is 6.21. The summed E-state index contributed by atoms with van der Waals surface area (Å²) in [4.78, 5) is 27.1. The number of likely N-dealkylation sites (tertiary alicyclic amines) is 1. The molecule has 1 unspecified atom stereocenters. The summed E-state index contributed by atoms with van der Waals surface area (Å²) in [6.07, 6.45) is 3.03. The second kappa shape index (κ2) is 7.57. The third-order valence-corrected chi connectivity index (χ3v) is 4.24. The second-order valence-electron chi connectivity index (χ2n) is 5.83. The summed E-state index contributed by atoms with van der Waals surface area (Å²) in [7, 11) is 0. The molecule has 0 aliphatic carbocycles. The van der Waals surface area contributed by atoms with Crippen LogP contribution in [0.1, 0.15) is 30.3 Å². The Morgan fingerprint density at radius 3 is 3.00 bits per heavy atom. The van der Waals surface area contributed by atoms with E-state index in [0.29, 0.717) is 24.7 Å². The number of rotatable bonds is 5. The molecule has 1 atom stereocenters. The van der Waals surface area contributed by atoms with Crippen LogP contribution in [0.5, 0.6) is 0 Å². The minimum atomic E-state index is 0.116. The zero-order chi connectivity index (χ0) is 16.9. The number of carbonyl (C=O) groups excluding carboxylic acids is 1. The van der Waals surface area contributed by atoms with E-state index >= 15 is 0 Å². The third-order valence-electron chi connectivity index (χ3n) is 4.05. The number of hydrogen-bond acceptors (Lipinski definition) is 5. The predicted molar refractivity (Wildman–Crippen MR) is 93.6 cm³/mol. The first-order valence-electron chi connectivity index (χ1n) is 8.03. The number of anilines is 2. The molecule has 1 aliphatic rings. The van der Waals surface area contributed by atoms with Crippen LogP contribution in [0.4, 0.5) is 11.6 Å². The highest BCUT2D eigenvalue weighted by Crippen LogP contribution is 2.28. The van der Waals surface area contributed by atoms with Gasteiger partial charge in [-0.25, -0.2) is 15.0 Å². The fraction of sp³-hybridized carbons (Fsp3) is 0.412. The predicted octanol–water partition coefficient (Wildman–Crippen LogP) is 2.87. The number of aryl methyl sites for hydroxylation is 1. The Morgan fingerprint density at radius 2 is 2.25 bits per heavy atom. The molecule has 0 bridgehead atoms. The van der Waals surface area contributed by atoms with Crippen molar-refractivity contribution in [2.75, 3.05) is 24.3 Å². The van der Waals surface area contributed by atoms with Gasteiger partial charge in [-0.15, -0.1) is 11.6 Å². The highest BCUT2D eigenvalue weighted by molar-refractivity contribution is 6.18. The van der Waals surface area contributed by atoms with Crippen LogP contribution in [0.25, 0.3) is 0 Å². The van der Waals surface area contributed by atoms with E-state index in [0.717, 1.165) is 30.3 Å². The average molecular weight is 346 g/mol. The van der Waals surface area contributed by atoms with E-state index in [4.69, 9.17) is 11.6 Å². The van der Waals surface area contributed by atoms with Crippen molar-refractivity contribution in [2.45, 2.75) is 25.7 Å². The molecular formula is C17H20ClN5O. The van der Waals surface area contributed by atoms with Gasteiger partial charge in [-0.1, -0.05) is 6.07 Å². The summed E-state index contributed by atoms with van der Waals surface area (Å²) in [5, 5.41) is 3.20. The van der Waals surface area contributed by atoms with Crippen molar-refractivity contribution in [3.05, 3.63) is 42.0 Å². The standard InChI is InChI=1S/C17H20ClN5O/c1-12-20-14(13-6-9-23(11-13)17(24)5-7-18)10-16(21-12)22-15-4-2-3-8-19-15/h2-4,8,10,13H,5-7,9,11H2,1H3,(H,19,20,21,22). The summed E-state index contributed by atoms with van der Waals surface area (Å²) < 4.78 is 0. The molecule has 1 N–H and O–H groups in total. The van der Waals surface area contributed by atoms with E-state index in [1.54, 1.807) is 6.20 Å². The Hall–Kier alpha value is -2.21. The van der Waals surface area contributed by atoms with Gasteiger partial charge in [0.05, 0.1) is 5.69 Å². The number of aromatic nitrogens is 3.